The minimum Gasteiger partial charge on any atom is -0.462 e. The first-order valence-electron chi connectivity index (χ1n) is 33.9. The fourth-order valence-corrected chi connectivity index (χ4v) is 10.6. The Morgan fingerprint density at radius 2 is 0.684 bits per heavy atom. The Hall–Kier alpha value is -2.03. The topological polar surface area (TPSA) is 108 Å². The summed E-state index contributed by atoms with van der Waals surface area (Å²) in [5, 5.41) is 0. The van der Waals surface area contributed by atoms with Crippen molar-refractivity contribution in [3.05, 3.63) is 48.6 Å². The van der Waals surface area contributed by atoms with E-state index in [0.29, 0.717) is 17.4 Å². The Bertz CT molecular complexity index is 1470. The van der Waals surface area contributed by atoms with Crippen LogP contribution in [-0.4, -0.2) is 74.9 Å². The van der Waals surface area contributed by atoms with Gasteiger partial charge in [0.25, 0.3) is 0 Å². The van der Waals surface area contributed by atoms with Crippen LogP contribution in [0.15, 0.2) is 48.6 Å². The van der Waals surface area contributed by atoms with E-state index in [9.17, 15) is 19.0 Å². The quantitative estimate of drug-likeness (QED) is 0.0211. The lowest BCUT2D eigenvalue weighted by Gasteiger charge is -2.24. The predicted molar refractivity (Wildman–Crippen MR) is 340 cm³/mol. The number of hydrogen-bond donors (Lipinski definition) is 1. The fraction of sp³-hybridized carbons (Fsp3) is 0.855. The number of carbonyl (C=O) groups is 2. The van der Waals surface area contributed by atoms with Gasteiger partial charge in [0, 0.05) is 12.8 Å². The molecular weight excluding hydrogens is 1000 g/mol. The average molecular weight is 1130 g/mol. The van der Waals surface area contributed by atoms with Gasteiger partial charge in [-0.2, -0.15) is 0 Å². The van der Waals surface area contributed by atoms with E-state index in [-0.39, 0.29) is 32.0 Å². The lowest BCUT2D eigenvalue weighted by atomic mass is 10.0. The molecule has 2 unspecified atom stereocenters. The second-order valence-electron chi connectivity index (χ2n) is 24.2. The molecule has 0 spiro atoms. The molecular formula is C69H131NO8P+. The van der Waals surface area contributed by atoms with Crippen LogP contribution in [0, 0.1) is 0 Å². The molecule has 2 atom stereocenters. The van der Waals surface area contributed by atoms with Crippen LogP contribution in [0.5, 0.6) is 0 Å². The number of unbranched alkanes of at least 4 members (excludes halogenated alkanes) is 41. The van der Waals surface area contributed by atoms with Crippen LogP contribution in [0.4, 0.5) is 0 Å². The molecule has 0 amide bonds. The average Bonchev–Trinajstić information content (AvgIpc) is 3.41. The first-order valence-corrected chi connectivity index (χ1v) is 35.4. The van der Waals surface area contributed by atoms with Gasteiger partial charge in [-0.25, -0.2) is 4.57 Å². The zero-order valence-electron chi connectivity index (χ0n) is 52.9. The standard InChI is InChI=1S/C69H130NO8P/c1-6-8-10-12-14-16-18-20-22-24-25-26-27-28-29-30-31-32-33-34-35-36-37-38-39-40-41-42-43-44-45-46-48-50-52-54-56-58-60-62-69(72)78-67(66-77-79(73,74)76-64-63-70(3,4)5)65-75-68(71)61-59-57-55-53-51-49-47-23-21-19-17-15-13-11-9-7-2/h18,20,23-25,27-28,47,67H,6-17,19,21-22,26,29-46,48-66H2,1-5H3/p+1/b20-18-,25-24-,28-27-,47-23-. The summed E-state index contributed by atoms with van der Waals surface area (Å²) in [6.07, 6.45) is 78.0. The predicted octanol–water partition coefficient (Wildman–Crippen LogP) is 21.7. The van der Waals surface area contributed by atoms with Gasteiger partial charge in [-0.3, -0.25) is 18.6 Å². The normalized spacial score (nSPS) is 13.4. The molecule has 0 rings (SSSR count). The summed E-state index contributed by atoms with van der Waals surface area (Å²) in [5.41, 5.74) is 0. The van der Waals surface area contributed by atoms with E-state index < -0.39 is 26.5 Å². The van der Waals surface area contributed by atoms with Crippen LogP contribution in [0.25, 0.3) is 0 Å². The van der Waals surface area contributed by atoms with Crippen LogP contribution >= 0.6 is 7.82 Å². The lowest BCUT2D eigenvalue weighted by Crippen LogP contribution is -2.37. The van der Waals surface area contributed by atoms with Gasteiger partial charge in [-0.15, -0.1) is 0 Å². The molecule has 0 bridgehead atoms. The Morgan fingerprint density at radius 1 is 0.392 bits per heavy atom. The van der Waals surface area contributed by atoms with Crippen molar-refractivity contribution in [2.75, 3.05) is 47.5 Å². The van der Waals surface area contributed by atoms with Crippen molar-refractivity contribution >= 4 is 19.8 Å². The molecule has 1 N–H and O–H groups in total. The van der Waals surface area contributed by atoms with Gasteiger partial charge in [0.15, 0.2) is 6.10 Å². The number of nitrogens with zero attached hydrogens (tertiary/aromatic N) is 1. The second kappa shape index (κ2) is 60.6. The molecule has 464 valence electrons. The minimum atomic E-state index is -4.39. The van der Waals surface area contributed by atoms with Crippen molar-refractivity contribution in [1.29, 1.82) is 0 Å². The summed E-state index contributed by atoms with van der Waals surface area (Å²) in [5.74, 6) is -0.792. The van der Waals surface area contributed by atoms with Crippen LogP contribution in [-0.2, 0) is 32.7 Å². The van der Waals surface area contributed by atoms with Gasteiger partial charge in [-0.1, -0.05) is 287 Å². The lowest BCUT2D eigenvalue weighted by molar-refractivity contribution is -0.870. The Morgan fingerprint density at radius 3 is 1.03 bits per heavy atom. The van der Waals surface area contributed by atoms with Crippen LogP contribution in [0.2, 0.25) is 0 Å². The maximum absolute atomic E-state index is 12.8. The van der Waals surface area contributed by atoms with Gasteiger partial charge < -0.3 is 18.9 Å². The van der Waals surface area contributed by atoms with E-state index in [1.54, 1.807) is 0 Å². The zero-order valence-corrected chi connectivity index (χ0v) is 53.8. The molecule has 0 aliphatic rings. The SMILES string of the molecule is CCCCCCC/C=C\C/C=C\C/C=C\CCCCCCCCCCCCCCCCCCCCCCCCCCC(=O)OC(COC(=O)CCCCCCC/C=C\CCCCCCCCC)COP(=O)(O)OCC[N+](C)(C)C. The monoisotopic (exact) mass is 1130 g/mol. The molecule has 79 heavy (non-hydrogen) atoms. The van der Waals surface area contributed by atoms with Gasteiger partial charge in [0.05, 0.1) is 27.7 Å². The summed E-state index contributed by atoms with van der Waals surface area (Å²) in [7, 11) is 1.49. The van der Waals surface area contributed by atoms with Gasteiger partial charge in [0.1, 0.15) is 19.8 Å². The Kier molecular flexibility index (Phi) is 59.0. The van der Waals surface area contributed by atoms with Gasteiger partial charge >= 0.3 is 19.8 Å². The number of rotatable bonds is 63. The summed E-state index contributed by atoms with van der Waals surface area (Å²) < 4.78 is 34.6. The van der Waals surface area contributed by atoms with E-state index in [2.05, 4.69) is 62.5 Å². The fourth-order valence-electron chi connectivity index (χ4n) is 9.84. The highest BCUT2D eigenvalue weighted by molar-refractivity contribution is 7.47. The van der Waals surface area contributed by atoms with Crippen molar-refractivity contribution in [3.8, 4) is 0 Å². The molecule has 0 saturated carbocycles. The number of esters is 2. The number of carbonyl (C=O) groups excluding carboxylic acids is 2. The first-order chi connectivity index (χ1) is 38.5. The smallest absolute Gasteiger partial charge is 0.462 e. The van der Waals surface area contributed by atoms with Crippen molar-refractivity contribution in [1.82, 2.24) is 0 Å². The van der Waals surface area contributed by atoms with Crippen molar-refractivity contribution < 1.29 is 42.1 Å². The number of phosphoric acid groups is 1. The van der Waals surface area contributed by atoms with Gasteiger partial charge in [-0.05, 0) is 77.0 Å². The van der Waals surface area contributed by atoms with Crippen molar-refractivity contribution in [2.45, 2.75) is 335 Å². The third kappa shape index (κ3) is 65.0. The third-order valence-corrected chi connectivity index (χ3v) is 16.1. The third-order valence-electron chi connectivity index (χ3n) is 15.1. The highest BCUT2D eigenvalue weighted by Gasteiger charge is 2.27. The number of likely N-dealkylation sites (N-methyl/N-ethyl adjacent to an activating group) is 1. The molecule has 0 aliphatic carbocycles. The molecule has 0 aromatic rings. The Balaban J connectivity index is 3.91. The highest BCUT2D eigenvalue weighted by Crippen LogP contribution is 2.43. The number of ether oxygens (including phenoxy) is 2. The molecule has 0 radical (unpaired) electrons. The summed E-state index contributed by atoms with van der Waals surface area (Å²) in [4.78, 5) is 35.7. The number of allylic oxidation sites excluding steroid dienone is 8. The van der Waals surface area contributed by atoms with Crippen molar-refractivity contribution in [3.63, 3.8) is 0 Å². The molecule has 0 aliphatic heterocycles. The van der Waals surface area contributed by atoms with E-state index in [4.69, 9.17) is 18.5 Å². The second-order valence-corrected chi connectivity index (χ2v) is 25.7. The highest BCUT2D eigenvalue weighted by atomic mass is 31.2. The number of quaternary nitrogens is 1. The summed E-state index contributed by atoms with van der Waals surface area (Å²) in [6.45, 7) is 4.45. The molecule has 0 aromatic heterocycles. The minimum absolute atomic E-state index is 0.0322. The van der Waals surface area contributed by atoms with E-state index in [0.717, 1.165) is 64.2 Å². The molecule has 10 heteroatoms. The van der Waals surface area contributed by atoms with E-state index in [1.165, 1.54) is 231 Å². The first kappa shape index (κ1) is 77.0. The number of phosphoric ester groups is 1. The molecule has 0 fully saturated rings. The molecule has 9 nitrogen and oxygen atoms in total. The summed E-state index contributed by atoms with van der Waals surface area (Å²) in [6, 6.07) is 0. The van der Waals surface area contributed by atoms with E-state index >= 15 is 0 Å². The zero-order chi connectivity index (χ0) is 57.7. The number of hydrogen-bond acceptors (Lipinski definition) is 7. The molecule has 0 aromatic carbocycles. The van der Waals surface area contributed by atoms with Gasteiger partial charge in [0.2, 0.25) is 0 Å². The van der Waals surface area contributed by atoms with Crippen molar-refractivity contribution in [2.24, 2.45) is 0 Å². The summed E-state index contributed by atoms with van der Waals surface area (Å²) >= 11 is 0. The van der Waals surface area contributed by atoms with Crippen LogP contribution in [0.3, 0.4) is 0 Å². The molecule has 0 heterocycles. The molecule has 0 saturated heterocycles. The largest absolute Gasteiger partial charge is 0.472 e. The Labute approximate surface area is 490 Å². The van der Waals surface area contributed by atoms with Crippen LogP contribution < -0.4 is 0 Å². The maximum Gasteiger partial charge on any atom is 0.472 e. The van der Waals surface area contributed by atoms with E-state index in [1.807, 2.05) is 21.1 Å². The van der Waals surface area contributed by atoms with Crippen LogP contribution in [0.1, 0.15) is 328 Å². The maximum atomic E-state index is 12.8.